The molecule has 2 saturated heterocycles. The highest BCUT2D eigenvalue weighted by Crippen LogP contribution is 2.21. The highest BCUT2D eigenvalue weighted by molar-refractivity contribution is 5.77. The zero-order chi connectivity index (χ0) is 17.6. The lowest BCUT2D eigenvalue weighted by Crippen LogP contribution is -2.44. The molecular formula is C19H29N3O3. The van der Waals surface area contributed by atoms with Gasteiger partial charge in [-0.25, -0.2) is 0 Å². The van der Waals surface area contributed by atoms with Crippen LogP contribution in [0.2, 0.25) is 0 Å². The van der Waals surface area contributed by atoms with Crippen LogP contribution in [0.15, 0.2) is 24.3 Å². The number of hydrogen-bond acceptors (Lipinski definition) is 5. The van der Waals surface area contributed by atoms with E-state index in [1.807, 2.05) is 12.1 Å². The van der Waals surface area contributed by atoms with Crippen LogP contribution in [0.1, 0.15) is 18.4 Å². The third-order valence-electron chi connectivity index (χ3n) is 5.29. The lowest BCUT2D eigenvalue weighted by Gasteiger charge is -2.34. The highest BCUT2D eigenvalue weighted by Gasteiger charge is 2.30. The molecule has 1 aromatic carbocycles. The molecule has 3 rings (SSSR count). The molecule has 2 aliphatic heterocycles. The van der Waals surface area contributed by atoms with Gasteiger partial charge in [0.05, 0.1) is 13.0 Å². The van der Waals surface area contributed by atoms with Crippen LogP contribution in [0.4, 0.5) is 0 Å². The number of primary amides is 1. The summed E-state index contributed by atoms with van der Waals surface area (Å²) in [4.78, 5) is 16.7. The fourth-order valence-electron chi connectivity index (χ4n) is 3.84. The Bertz CT molecular complexity index is 575. The van der Waals surface area contributed by atoms with Crippen molar-refractivity contribution in [2.75, 3.05) is 46.5 Å². The predicted octanol–water partition coefficient (Wildman–Crippen LogP) is 1.09. The number of carbonyl (C=O) groups is 1. The van der Waals surface area contributed by atoms with Gasteiger partial charge < -0.3 is 15.2 Å². The van der Waals surface area contributed by atoms with Gasteiger partial charge in [-0.2, -0.15) is 0 Å². The van der Waals surface area contributed by atoms with Crippen molar-refractivity contribution in [1.82, 2.24) is 9.80 Å². The number of hydrogen-bond donors (Lipinski definition) is 1. The van der Waals surface area contributed by atoms with Gasteiger partial charge in [-0.15, -0.1) is 0 Å². The van der Waals surface area contributed by atoms with E-state index >= 15 is 0 Å². The molecule has 6 nitrogen and oxygen atoms in total. The summed E-state index contributed by atoms with van der Waals surface area (Å²) in [5.74, 6) is 0.535. The predicted molar refractivity (Wildman–Crippen MR) is 96.4 cm³/mol. The molecule has 0 aliphatic carbocycles. The quantitative estimate of drug-likeness (QED) is 0.864. The summed E-state index contributed by atoms with van der Waals surface area (Å²) in [6.07, 6.45) is 2.09. The molecule has 25 heavy (non-hydrogen) atoms. The standard InChI is InChI=1S/C19H29N3O3/c1-24-18-4-2-3-15(11-18)12-21-7-8-22(14-16(13-21)19(20)23)17-5-9-25-10-6-17/h2-4,11,16-17H,5-10,12-14H2,1H3,(H2,20,23). The Labute approximate surface area is 149 Å². The van der Waals surface area contributed by atoms with E-state index in [2.05, 4.69) is 21.9 Å². The minimum Gasteiger partial charge on any atom is -0.497 e. The molecule has 1 amide bonds. The minimum atomic E-state index is -0.199. The van der Waals surface area contributed by atoms with Crippen molar-refractivity contribution in [3.8, 4) is 5.75 Å². The van der Waals surface area contributed by atoms with Crippen LogP contribution < -0.4 is 10.5 Å². The summed E-state index contributed by atoms with van der Waals surface area (Å²) in [5, 5.41) is 0. The number of benzene rings is 1. The van der Waals surface area contributed by atoms with Gasteiger partial charge in [-0.05, 0) is 30.5 Å². The Kier molecular flexibility index (Phi) is 6.29. The second-order valence-electron chi connectivity index (χ2n) is 7.02. The molecule has 1 aromatic rings. The molecule has 2 aliphatic rings. The van der Waals surface area contributed by atoms with Crippen LogP contribution in [0, 0.1) is 5.92 Å². The van der Waals surface area contributed by atoms with Crippen LogP contribution in [0.5, 0.6) is 5.75 Å². The van der Waals surface area contributed by atoms with Gasteiger partial charge in [0.25, 0.3) is 0 Å². The first-order valence-corrected chi connectivity index (χ1v) is 9.12. The second-order valence-corrected chi connectivity index (χ2v) is 7.02. The maximum Gasteiger partial charge on any atom is 0.223 e. The molecule has 0 radical (unpaired) electrons. The maximum atomic E-state index is 12.0. The van der Waals surface area contributed by atoms with E-state index in [1.165, 1.54) is 5.56 Å². The van der Waals surface area contributed by atoms with Crippen molar-refractivity contribution >= 4 is 5.91 Å². The Morgan fingerprint density at radius 2 is 2.08 bits per heavy atom. The average Bonchev–Trinajstić information content (AvgIpc) is 2.85. The number of rotatable bonds is 5. The van der Waals surface area contributed by atoms with Crippen molar-refractivity contribution in [2.45, 2.75) is 25.4 Å². The third kappa shape index (κ3) is 4.93. The lowest BCUT2D eigenvalue weighted by molar-refractivity contribution is -0.122. The van der Waals surface area contributed by atoms with E-state index in [-0.39, 0.29) is 11.8 Å². The number of ether oxygens (including phenoxy) is 2. The zero-order valence-corrected chi connectivity index (χ0v) is 15.0. The van der Waals surface area contributed by atoms with Gasteiger partial charge in [-0.1, -0.05) is 12.1 Å². The van der Waals surface area contributed by atoms with Gasteiger partial charge in [0.1, 0.15) is 5.75 Å². The summed E-state index contributed by atoms with van der Waals surface area (Å²) in [6, 6.07) is 8.62. The first-order chi connectivity index (χ1) is 12.2. The summed E-state index contributed by atoms with van der Waals surface area (Å²) >= 11 is 0. The van der Waals surface area contributed by atoms with E-state index in [9.17, 15) is 4.79 Å². The van der Waals surface area contributed by atoms with Gasteiger partial charge in [-0.3, -0.25) is 14.6 Å². The molecule has 1 atom stereocenters. The van der Waals surface area contributed by atoms with Crippen molar-refractivity contribution < 1.29 is 14.3 Å². The van der Waals surface area contributed by atoms with E-state index in [4.69, 9.17) is 15.2 Å². The molecule has 6 heteroatoms. The molecule has 0 aromatic heterocycles. The molecule has 0 saturated carbocycles. The van der Waals surface area contributed by atoms with Gasteiger partial charge in [0, 0.05) is 52.0 Å². The average molecular weight is 347 g/mol. The van der Waals surface area contributed by atoms with Crippen LogP contribution in [-0.2, 0) is 16.1 Å². The normalized spacial score (nSPS) is 24.0. The summed E-state index contributed by atoms with van der Waals surface area (Å²) in [6.45, 7) is 5.83. The Morgan fingerprint density at radius 1 is 1.28 bits per heavy atom. The number of nitrogens with two attached hydrogens (primary N) is 1. The molecule has 1 unspecified atom stereocenters. The van der Waals surface area contributed by atoms with E-state index < -0.39 is 0 Å². The molecule has 0 spiro atoms. The van der Waals surface area contributed by atoms with Gasteiger partial charge >= 0.3 is 0 Å². The summed E-state index contributed by atoms with van der Waals surface area (Å²) in [7, 11) is 1.68. The number of nitrogens with zero attached hydrogens (tertiary/aromatic N) is 2. The van der Waals surface area contributed by atoms with Crippen molar-refractivity contribution in [3.05, 3.63) is 29.8 Å². The summed E-state index contributed by atoms with van der Waals surface area (Å²) in [5.41, 5.74) is 6.89. The molecule has 2 heterocycles. The van der Waals surface area contributed by atoms with Crippen molar-refractivity contribution in [3.63, 3.8) is 0 Å². The monoisotopic (exact) mass is 347 g/mol. The van der Waals surface area contributed by atoms with Gasteiger partial charge in [0.2, 0.25) is 5.91 Å². The number of carbonyl (C=O) groups excluding carboxylic acids is 1. The largest absolute Gasteiger partial charge is 0.497 e. The van der Waals surface area contributed by atoms with Crippen LogP contribution in [0.3, 0.4) is 0 Å². The van der Waals surface area contributed by atoms with Gasteiger partial charge in [0.15, 0.2) is 0 Å². The molecule has 2 N–H and O–H groups in total. The first kappa shape index (κ1) is 18.2. The highest BCUT2D eigenvalue weighted by atomic mass is 16.5. The lowest BCUT2D eigenvalue weighted by atomic mass is 10.0. The van der Waals surface area contributed by atoms with Crippen molar-refractivity contribution in [2.24, 2.45) is 11.7 Å². The second kappa shape index (κ2) is 8.65. The number of methoxy groups -OCH3 is 1. The Balaban J connectivity index is 1.67. The van der Waals surface area contributed by atoms with Crippen molar-refractivity contribution in [1.29, 1.82) is 0 Å². The maximum absolute atomic E-state index is 12.0. The smallest absolute Gasteiger partial charge is 0.223 e. The SMILES string of the molecule is COc1cccc(CN2CCN(C3CCOCC3)CC(C(N)=O)C2)c1. The van der Waals surface area contributed by atoms with E-state index in [1.54, 1.807) is 7.11 Å². The molecular weight excluding hydrogens is 318 g/mol. The third-order valence-corrected chi connectivity index (χ3v) is 5.29. The first-order valence-electron chi connectivity index (χ1n) is 9.12. The Hall–Kier alpha value is -1.63. The van der Waals surface area contributed by atoms with Crippen LogP contribution in [0.25, 0.3) is 0 Å². The molecule has 0 bridgehead atoms. The van der Waals surface area contributed by atoms with Crippen LogP contribution >= 0.6 is 0 Å². The van der Waals surface area contributed by atoms with E-state index in [0.29, 0.717) is 12.6 Å². The fraction of sp³-hybridized carbons (Fsp3) is 0.632. The zero-order valence-electron chi connectivity index (χ0n) is 15.0. The topological polar surface area (TPSA) is 68.0 Å². The van der Waals surface area contributed by atoms with E-state index in [0.717, 1.165) is 58.0 Å². The molecule has 2 fully saturated rings. The van der Waals surface area contributed by atoms with Crippen LogP contribution in [-0.4, -0.2) is 68.3 Å². The fourth-order valence-corrected chi connectivity index (χ4v) is 3.84. The number of amides is 1. The summed E-state index contributed by atoms with van der Waals surface area (Å²) < 4.78 is 10.8. The Morgan fingerprint density at radius 3 is 2.80 bits per heavy atom. The molecule has 138 valence electrons. The minimum absolute atomic E-state index is 0.129.